The Balaban J connectivity index is 1.50. The van der Waals surface area contributed by atoms with Gasteiger partial charge in [0.15, 0.2) is 17.3 Å². The van der Waals surface area contributed by atoms with Crippen molar-refractivity contribution in [3.05, 3.63) is 89.6 Å². The van der Waals surface area contributed by atoms with Crippen molar-refractivity contribution in [3.8, 4) is 29.0 Å². The zero-order chi connectivity index (χ0) is 32.1. The minimum absolute atomic E-state index is 0.0203. The van der Waals surface area contributed by atoms with E-state index in [9.17, 15) is 22.8 Å². The van der Waals surface area contributed by atoms with E-state index in [4.69, 9.17) is 15.2 Å². The number of para-hydroxylation sites is 1. The smallest absolute Gasteiger partial charge is 0.434 e. The quantitative estimate of drug-likeness (QED) is 0.182. The number of carbonyl (C=O) groups is 2. The Kier molecular flexibility index (Phi) is 9.08. The highest BCUT2D eigenvalue weighted by molar-refractivity contribution is 6.05. The third-order valence-electron chi connectivity index (χ3n) is 5.57. The molecule has 0 bridgehead atoms. The average Bonchev–Trinajstić information content (AvgIpc) is 3.40. The lowest BCUT2D eigenvalue weighted by Crippen LogP contribution is -2.32. The van der Waals surface area contributed by atoms with Crippen LogP contribution in [0.4, 0.5) is 33.9 Å². The van der Waals surface area contributed by atoms with Gasteiger partial charge in [-0.05, 0) is 45.0 Å². The van der Waals surface area contributed by atoms with E-state index >= 15 is 4.39 Å². The summed E-state index contributed by atoms with van der Waals surface area (Å²) in [6.07, 6.45) is -3.48. The molecule has 0 radical (unpaired) electrons. The predicted octanol–water partition coefficient (Wildman–Crippen LogP) is 5.93. The zero-order valence-corrected chi connectivity index (χ0v) is 23.6. The molecule has 228 valence electrons. The number of ether oxygens (including phenoxy) is 2. The lowest BCUT2D eigenvalue weighted by atomic mass is 10.2. The molecule has 0 atom stereocenters. The van der Waals surface area contributed by atoms with Gasteiger partial charge in [-0.2, -0.15) is 18.3 Å². The number of pyridine rings is 1. The molecule has 0 unspecified atom stereocenters. The molecule has 2 aromatic carbocycles. The Morgan fingerprint density at radius 2 is 1.77 bits per heavy atom. The monoisotopic (exact) mass is 610 g/mol. The van der Waals surface area contributed by atoms with Gasteiger partial charge in [0.25, 0.3) is 5.91 Å². The van der Waals surface area contributed by atoms with Crippen molar-refractivity contribution >= 4 is 23.5 Å². The molecule has 10 nitrogen and oxygen atoms in total. The van der Waals surface area contributed by atoms with Crippen molar-refractivity contribution < 1.29 is 36.6 Å². The largest absolute Gasteiger partial charge is 0.453 e. The van der Waals surface area contributed by atoms with Gasteiger partial charge in [0, 0.05) is 24.0 Å². The molecular formula is C30H26F4N6O4. The van der Waals surface area contributed by atoms with Gasteiger partial charge in [-0.3, -0.25) is 4.79 Å². The topological polar surface area (TPSA) is 133 Å². The number of halogens is 4. The summed E-state index contributed by atoms with van der Waals surface area (Å²) >= 11 is 0. The number of amides is 2. The van der Waals surface area contributed by atoms with Crippen LogP contribution < -0.4 is 21.1 Å². The number of nitrogens with one attached hydrogen (secondary N) is 2. The summed E-state index contributed by atoms with van der Waals surface area (Å²) in [5.41, 5.74) is 3.28. The van der Waals surface area contributed by atoms with Crippen LogP contribution in [0.3, 0.4) is 0 Å². The maximum Gasteiger partial charge on any atom is 0.434 e. The van der Waals surface area contributed by atoms with Crippen LogP contribution in [0.5, 0.6) is 11.5 Å². The third kappa shape index (κ3) is 7.82. The van der Waals surface area contributed by atoms with Gasteiger partial charge in [-0.15, -0.1) is 0 Å². The minimum atomic E-state index is -4.92. The van der Waals surface area contributed by atoms with Crippen LogP contribution in [-0.4, -0.2) is 38.9 Å². The second kappa shape index (κ2) is 12.7. The third-order valence-corrected chi connectivity index (χ3v) is 5.57. The fraction of sp³-hybridized carbons (Fsp3) is 0.200. The van der Waals surface area contributed by atoms with Gasteiger partial charge in [-0.25, -0.2) is 18.9 Å². The molecule has 2 heterocycles. The number of rotatable bonds is 6. The number of hydrogen-bond acceptors (Lipinski definition) is 7. The van der Waals surface area contributed by atoms with Crippen molar-refractivity contribution in [2.75, 3.05) is 17.6 Å². The van der Waals surface area contributed by atoms with E-state index in [2.05, 4.69) is 32.6 Å². The highest BCUT2D eigenvalue weighted by Crippen LogP contribution is 2.35. The number of alkyl halides is 3. The Morgan fingerprint density at radius 3 is 2.43 bits per heavy atom. The van der Waals surface area contributed by atoms with Crippen molar-refractivity contribution in [1.29, 1.82) is 0 Å². The number of anilines is 2. The molecule has 0 spiro atoms. The molecular weight excluding hydrogens is 584 g/mol. The first-order valence-electron chi connectivity index (χ1n) is 12.9. The number of benzene rings is 2. The average molecular weight is 611 g/mol. The summed E-state index contributed by atoms with van der Waals surface area (Å²) < 4.78 is 68.2. The first kappa shape index (κ1) is 31.4. The van der Waals surface area contributed by atoms with Crippen molar-refractivity contribution in [3.63, 3.8) is 0 Å². The maximum absolute atomic E-state index is 15.0. The van der Waals surface area contributed by atoms with Gasteiger partial charge in [0.05, 0.1) is 24.0 Å². The molecule has 0 fully saturated rings. The fourth-order valence-electron chi connectivity index (χ4n) is 3.76. The first-order chi connectivity index (χ1) is 20.7. The predicted molar refractivity (Wildman–Crippen MR) is 153 cm³/mol. The molecule has 14 heteroatoms. The lowest BCUT2D eigenvalue weighted by Gasteiger charge is -2.19. The molecule has 0 saturated carbocycles. The Hall–Kier alpha value is -5.58. The molecule has 0 saturated heterocycles. The lowest BCUT2D eigenvalue weighted by molar-refractivity contribution is -0.143. The first-order valence-corrected chi connectivity index (χ1v) is 12.9. The van der Waals surface area contributed by atoms with Crippen LogP contribution in [-0.2, 0) is 10.9 Å². The van der Waals surface area contributed by atoms with Crippen LogP contribution >= 0.6 is 0 Å². The number of carbonyl (C=O) groups excluding carboxylic acids is 2. The van der Waals surface area contributed by atoms with E-state index in [0.29, 0.717) is 4.68 Å². The summed E-state index contributed by atoms with van der Waals surface area (Å²) in [5, 5.41) is 8.47. The van der Waals surface area contributed by atoms with E-state index in [1.165, 1.54) is 48.7 Å². The number of aromatic nitrogens is 3. The number of nitrogens with zero attached hydrogens (tertiary/aromatic N) is 3. The normalized spacial score (nSPS) is 11.2. The summed E-state index contributed by atoms with van der Waals surface area (Å²) in [6, 6.07) is 12.2. The number of hydrogen-bond donors (Lipinski definition) is 3. The fourth-order valence-corrected chi connectivity index (χ4v) is 3.76. The van der Waals surface area contributed by atoms with Crippen molar-refractivity contribution in [2.45, 2.75) is 32.5 Å². The van der Waals surface area contributed by atoms with E-state index in [1.807, 2.05) is 0 Å². The molecule has 4 N–H and O–H groups in total. The van der Waals surface area contributed by atoms with E-state index in [1.54, 1.807) is 26.8 Å². The van der Waals surface area contributed by atoms with Gasteiger partial charge in [0.1, 0.15) is 22.7 Å². The second-order valence-electron chi connectivity index (χ2n) is 10.1. The van der Waals surface area contributed by atoms with Crippen LogP contribution in [0.25, 0.3) is 5.69 Å². The molecule has 4 aromatic rings. The molecule has 0 aliphatic carbocycles. The van der Waals surface area contributed by atoms with Crippen LogP contribution in [0.1, 0.15) is 42.4 Å². The molecule has 0 aliphatic heterocycles. The van der Waals surface area contributed by atoms with Gasteiger partial charge >= 0.3 is 12.3 Å². The van der Waals surface area contributed by atoms with E-state index < -0.39 is 40.9 Å². The second-order valence-corrected chi connectivity index (χ2v) is 10.1. The Bertz CT molecular complexity index is 1740. The molecule has 2 amide bonds. The number of nitrogens with two attached hydrogens (primary N) is 1. The molecule has 4 rings (SSSR count). The number of alkyl carbamates (subject to hydrolysis) is 1. The summed E-state index contributed by atoms with van der Waals surface area (Å²) in [6.45, 7) is 5.04. The SMILES string of the molecule is CC(C)(C)OC(=O)NCC#Cc1c(Oc2ccc(NC(=O)c3cnn(-c4ccccc4)c3C(F)(F)F)cc2F)ccnc1N. The highest BCUT2D eigenvalue weighted by Gasteiger charge is 2.40. The standard InChI is InChI=1S/C30H26F4N6O4/c1-29(2,3)44-28(42)37-14-7-10-20-23(13-15-36-26(20)35)43-24-12-11-18(16-22(24)31)39-27(41)21-17-38-40(25(21)30(32,33)34)19-8-5-4-6-9-19/h4-6,8-9,11-13,15-17H,14H2,1-3H3,(H2,35,36)(H,37,42)(H,39,41). The maximum atomic E-state index is 15.0. The van der Waals surface area contributed by atoms with E-state index in [-0.39, 0.29) is 40.8 Å². The van der Waals surface area contributed by atoms with Gasteiger partial charge in [-0.1, -0.05) is 30.0 Å². The minimum Gasteiger partial charge on any atom is -0.453 e. The Labute approximate surface area is 249 Å². The summed E-state index contributed by atoms with van der Waals surface area (Å²) in [7, 11) is 0. The zero-order valence-electron chi connectivity index (χ0n) is 23.6. The highest BCUT2D eigenvalue weighted by atomic mass is 19.4. The molecule has 44 heavy (non-hydrogen) atoms. The van der Waals surface area contributed by atoms with Crippen LogP contribution in [0, 0.1) is 17.7 Å². The molecule has 2 aromatic heterocycles. The van der Waals surface area contributed by atoms with Crippen molar-refractivity contribution in [2.24, 2.45) is 0 Å². The van der Waals surface area contributed by atoms with Crippen LogP contribution in [0.15, 0.2) is 67.0 Å². The number of nitrogen functional groups attached to an aromatic ring is 1. The van der Waals surface area contributed by atoms with Gasteiger partial charge < -0.3 is 25.8 Å². The summed E-state index contributed by atoms with van der Waals surface area (Å²) in [5.74, 6) is 3.03. The van der Waals surface area contributed by atoms with E-state index in [0.717, 1.165) is 12.3 Å². The summed E-state index contributed by atoms with van der Waals surface area (Å²) in [4.78, 5) is 28.6. The van der Waals surface area contributed by atoms with Gasteiger partial charge in [0.2, 0.25) is 0 Å². The van der Waals surface area contributed by atoms with Crippen LogP contribution in [0.2, 0.25) is 0 Å². The van der Waals surface area contributed by atoms with Crippen molar-refractivity contribution in [1.82, 2.24) is 20.1 Å². The Morgan fingerprint density at radius 1 is 1.05 bits per heavy atom. The molecule has 0 aliphatic rings.